The van der Waals surface area contributed by atoms with Crippen molar-refractivity contribution in [1.82, 2.24) is 0 Å². The van der Waals surface area contributed by atoms with E-state index in [-0.39, 0.29) is 23.7 Å². The molecule has 1 fully saturated rings. The van der Waals surface area contributed by atoms with Crippen molar-refractivity contribution in [3.05, 3.63) is 29.8 Å². The second kappa shape index (κ2) is 3.75. The van der Waals surface area contributed by atoms with Crippen LogP contribution in [0.2, 0.25) is 0 Å². The van der Waals surface area contributed by atoms with Gasteiger partial charge in [-0.1, -0.05) is 12.1 Å². The highest BCUT2D eigenvalue weighted by atomic mass is 32.2. The Morgan fingerprint density at radius 3 is 2.38 bits per heavy atom. The van der Waals surface area contributed by atoms with Gasteiger partial charge in [-0.3, -0.25) is 0 Å². The van der Waals surface area contributed by atoms with Crippen LogP contribution >= 0.6 is 0 Å². The van der Waals surface area contributed by atoms with Gasteiger partial charge in [0.15, 0.2) is 9.84 Å². The number of aromatic hydroxyl groups is 1. The van der Waals surface area contributed by atoms with E-state index in [1.165, 1.54) is 12.1 Å². The first-order valence-electron chi connectivity index (χ1n) is 5.09. The minimum atomic E-state index is -3.08. The molecule has 0 aromatic heterocycles. The summed E-state index contributed by atoms with van der Waals surface area (Å²) >= 11 is 0. The highest BCUT2D eigenvalue weighted by Crippen LogP contribution is 2.27. The van der Waals surface area contributed by atoms with E-state index in [0.717, 1.165) is 5.56 Å². The number of hydrogen-bond donors (Lipinski definition) is 2. The van der Waals surface area contributed by atoms with Crippen LogP contribution in [0.15, 0.2) is 24.3 Å². The second-order valence-electron chi connectivity index (χ2n) is 4.41. The molecule has 2 N–H and O–H groups in total. The van der Waals surface area contributed by atoms with Crippen LogP contribution in [0.1, 0.15) is 12.0 Å². The number of phenols is 1. The number of aliphatic hydroxyl groups is 1. The third-order valence-corrected chi connectivity index (χ3v) is 4.64. The Hall–Kier alpha value is -1.07. The van der Waals surface area contributed by atoms with E-state index in [2.05, 4.69) is 0 Å². The molecular weight excluding hydrogens is 228 g/mol. The molecule has 0 spiro atoms. The third kappa shape index (κ3) is 2.54. The molecular formula is C11H14O4S. The number of rotatable bonds is 2. The summed E-state index contributed by atoms with van der Waals surface area (Å²) in [6, 6.07) is 6.45. The average Bonchev–Trinajstić information content (AvgIpc) is 2.45. The van der Waals surface area contributed by atoms with Gasteiger partial charge >= 0.3 is 0 Å². The van der Waals surface area contributed by atoms with Crippen molar-refractivity contribution in [2.75, 3.05) is 11.5 Å². The van der Waals surface area contributed by atoms with Gasteiger partial charge in [-0.25, -0.2) is 8.42 Å². The summed E-state index contributed by atoms with van der Waals surface area (Å²) in [7, 11) is -3.08. The van der Waals surface area contributed by atoms with Crippen molar-refractivity contribution < 1.29 is 18.6 Å². The normalized spacial score (nSPS) is 28.1. The van der Waals surface area contributed by atoms with Crippen molar-refractivity contribution in [3.8, 4) is 5.75 Å². The van der Waals surface area contributed by atoms with Crippen molar-refractivity contribution in [2.45, 2.75) is 18.4 Å². The van der Waals surface area contributed by atoms with Gasteiger partial charge in [0.05, 0.1) is 17.1 Å². The zero-order valence-electron chi connectivity index (χ0n) is 8.76. The van der Waals surface area contributed by atoms with Gasteiger partial charge in [-0.15, -0.1) is 0 Å². The van der Waals surface area contributed by atoms with Crippen molar-refractivity contribution >= 4 is 9.84 Å². The van der Waals surface area contributed by atoms with Crippen LogP contribution in [0.25, 0.3) is 0 Å². The summed E-state index contributed by atoms with van der Waals surface area (Å²) in [4.78, 5) is 0. The number of sulfone groups is 1. The minimum Gasteiger partial charge on any atom is -0.508 e. The first-order chi connectivity index (χ1) is 7.39. The summed E-state index contributed by atoms with van der Waals surface area (Å²) in [5, 5.41) is 19.2. The van der Waals surface area contributed by atoms with Gasteiger partial charge in [0.2, 0.25) is 0 Å². The SMILES string of the molecule is O=S1(=O)CCC(O)(Cc2ccc(O)cc2)C1. The molecule has 2 rings (SSSR count). The molecule has 1 aromatic rings. The predicted octanol–water partition coefficient (Wildman–Crippen LogP) is 0.484. The van der Waals surface area contributed by atoms with Crippen LogP contribution in [-0.2, 0) is 16.3 Å². The standard InChI is InChI=1S/C11H14O4S/c12-10-3-1-9(2-4-10)7-11(13)5-6-16(14,15)8-11/h1-4,12-13H,5-8H2. The van der Waals surface area contributed by atoms with Gasteiger partial charge in [0.1, 0.15) is 5.75 Å². The highest BCUT2D eigenvalue weighted by Gasteiger charge is 2.40. The Morgan fingerprint density at radius 1 is 1.25 bits per heavy atom. The first-order valence-corrected chi connectivity index (χ1v) is 6.91. The van der Waals surface area contributed by atoms with E-state index in [4.69, 9.17) is 5.11 Å². The Kier molecular flexibility index (Phi) is 2.67. The molecule has 0 bridgehead atoms. The van der Waals surface area contributed by atoms with Gasteiger partial charge in [-0.2, -0.15) is 0 Å². The van der Waals surface area contributed by atoms with Crippen LogP contribution in [0.3, 0.4) is 0 Å². The Balaban J connectivity index is 2.13. The lowest BCUT2D eigenvalue weighted by Crippen LogP contribution is -2.32. The maximum Gasteiger partial charge on any atom is 0.153 e. The van der Waals surface area contributed by atoms with Crippen LogP contribution in [0, 0.1) is 0 Å². The first kappa shape index (κ1) is 11.4. The summed E-state index contributed by atoms with van der Waals surface area (Å²) < 4.78 is 22.6. The highest BCUT2D eigenvalue weighted by molar-refractivity contribution is 7.91. The molecule has 5 heteroatoms. The summed E-state index contributed by atoms with van der Waals surface area (Å²) in [5.74, 6) is 0.0532. The van der Waals surface area contributed by atoms with Crippen LogP contribution < -0.4 is 0 Å². The molecule has 1 aliphatic heterocycles. The van der Waals surface area contributed by atoms with Gasteiger partial charge in [0.25, 0.3) is 0 Å². The molecule has 1 saturated heterocycles. The van der Waals surface area contributed by atoms with Crippen LogP contribution in [0.4, 0.5) is 0 Å². The topological polar surface area (TPSA) is 74.6 Å². The molecule has 0 saturated carbocycles. The van der Waals surface area contributed by atoms with Crippen LogP contribution in [0.5, 0.6) is 5.75 Å². The maximum atomic E-state index is 11.3. The zero-order valence-corrected chi connectivity index (χ0v) is 9.57. The number of benzene rings is 1. The summed E-state index contributed by atoms with van der Waals surface area (Å²) in [6.45, 7) is 0. The van der Waals surface area contributed by atoms with E-state index < -0.39 is 15.4 Å². The average molecular weight is 242 g/mol. The molecule has 0 aliphatic carbocycles. The minimum absolute atomic E-state index is 0.0571. The number of phenolic OH excluding ortho intramolecular Hbond substituents is 1. The van der Waals surface area contributed by atoms with E-state index in [1.54, 1.807) is 12.1 Å². The molecule has 88 valence electrons. The fourth-order valence-electron chi connectivity index (χ4n) is 2.03. The smallest absolute Gasteiger partial charge is 0.153 e. The molecule has 16 heavy (non-hydrogen) atoms. The molecule has 0 radical (unpaired) electrons. The van der Waals surface area contributed by atoms with E-state index in [9.17, 15) is 13.5 Å². The lowest BCUT2D eigenvalue weighted by Gasteiger charge is -2.20. The second-order valence-corrected chi connectivity index (χ2v) is 6.59. The molecule has 0 amide bonds. The summed E-state index contributed by atoms with van der Waals surface area (Å²) in [5.41, 5.74) is -0.312. The predicted molar refractivity (Wildman–Crippen MR) is 60.0 cm³/mol. The lowest BCUT2D eigenvalue weighted by atomic mass is 9.94. The van der Waals surface area contributed by atoms with Crippen molar-refractivity contribution in [1.29, 1.82) is 0 Å². The largest absolute Gasteiger partial charge is 0.508 e. The fraction of sp³-hybridized carbons (Fsp3) is 0.455. The Bertz CT molecular complexity index is 477. The third-order valence-electron chi connectivity index (χ3n) is 2.84. The van der Waals surface area contributed by atoms with E-state index >= 15 is 0 Å². The Morgan fingerprint density at radius 2 is 1.88 bits per heavy atom. The Labute approximate surface area is 94.5 Å². The molecule has 1 unspecified atom stereocenters. The van der Waals surface area contributed by atoms with E-state index in [1.807, 2.05) is 0 Å². The quantitative estimate of drug-likeness (QED) is 0.791. The maximum absolute atomic E-state index is 11.3. The van der Waals surface area contributed by atoms with Gasteiger partial charge < -0.3 is 10.2 Å². The lowest BCUT2D eigenvalue weighted by molar-refractivity contribution is 0.0682. The zero-order chi connectivity index (χ0) is 11.8. The molecule has 4 nitrogen and oxygen atoms in total. The number of hydrogen-bond acceptors (Lipinski definition) is 4. The molecule has 1 heterocycles. The molecule has 1 aliphatic rings. The summed E-state index contributed by atoms with van der Waals surface area (Å²) in [6.07, 6.45) is 0.600. The van der Waals surface area contributed by atoms with Crippen molar-refractivity contribution in [3.63, 3.8) is 0 Å². The molecule has 1 aromatic carbocycles. The van der Waals surface area contributed by atoms with Crippen LogP contribution in [-0.4, -0.2) is 35.7 Å². The van der Waals surface area contributed by atoms with E-state index in [0.29, 0.717) is 6.42 Å². The fourth-order valence-corrected chi connectivity index (χ4v) is 3.93. The monoisotopic (exact) mass is 242 g/mol. The van der Waals surface area contributed by atoms with Crippen molar-refractivity contribution in [2.24, 2.45) is 0 Å². The van der Waals surface area contributed by atoms with Gasteiger partial charge in [0, 0.05) is 6.42 Å². The molecule has 1 atom stereocenters. The van der Waals surface area contributed by atoms with Gasteiger partial charge in [-0.05, 0) is 24.1 Å².